The molecule has 1 saturated carbocycles. The minimum Gasteiger partial charge on any atom is -0.490 e. The summed E-state index contributed by atoms with van der Waals surface area (Å²) < 4.78 is 64.0. The zero-order chi connectivity index (χ0) is 35.5. The number of nitrogens with zero attached hydrogens (tertiary/aromatic N) is 2. The van der Waals surface area contributed by atoms with Gasteiger partial charge in [-0.3, -0.25) is 9.69 Å². The van der Waals surface area contributed by atoms with Gasteiger partial charge in [-0.05, 0) is 110 Å². The molecule has 4 bridgehead atoms. The molecule has 4 aliphatic heterocycles. The summed E-state index contributed by atoms with van der Waals surface area (Å²) in [4.78, 5) is 18.3. The molecule has 3 aliphatic carbocycles. The van der Waals surface area contributed by atoms with E-state index in [0.717, 1.165) is 76.2 Å². The molecule has 2 aromatic rings. The molecular formula is C39H49ClFN3O6S. The minimum absolute atomic E-state index is 0.0394. The Morgan fingerprint density at radius 3 is 2.71 bits per heavy atom. The summed E-state index contributed by atoms with van der Waals surface area (Å²) in [5, 5.41) is -0.637. The van der Waals surface area contributed by atoms with Crippen molar-refractivity contribution in [3.05, 3.63) is 69.5 Å². The van der Waals surface area contributed by atoms with Gasteiger partial charge in [0.15, 0.2) is 0 Å². The van der Waals surface area contributed by atoms with Crippen LogP contribution in [0, 0.1) is 29.5 Å². The van der Waals surface area contributed by atoms with E-state index >= 15 is 4.39 Å². The van der Waals surface area contributed by atoms with E-state index in [4.69, 9.17) is 25.8 Å². The van der Waals surface area contributed by atoms with Gasteiger partial charge in [0, 0.05) is 43.7 Å². The SMILES string of the molecule is C[C@@H]1[C@@H](C)S(=O)(=O)NC(=O)c2ccc3c(c2)N(C[C@@H]2CC[C@H]2[C@@H](OCCN2CCOCC2)C2=C[C@H]1C2)C[C@@]1(CCCc2c1ccc(Cl)c2F)CO3. The molecule has 0 aromatic heterocycles. The number of hydrogen-bond donors (Lipinski definition) is 1. The Balaban J connectivity index is 1.16. The van der Waals surface area contributed by atoms with Crippen LogP contribution in [0.2, 0.25) is 5.02 Å². The van der Waals surface area contributed by atoms with Crippen LogP contribution in [0.1, 0.15) is 67.4 Å². The molecule has 7 atom stereocenters. The number of ether oxygens (including phenoxy) is 3. The molecule has 1 saturated heterocycles. The van der Waals surface area contributed by atoms with Crippen LogP contribution in [0.3, 0.4) is 0 Å². The van der Waals surface area contributed by atoms with Gasteiger partial charge in [0.1, 0.15) is 11.6 Å². The Hall–Kier alpha value is -2.70. The van der Waals surface area contributed by atoms with Gasteiger partial charge in [-0.15, -0.1) is 0 Å². The van der Waals surface area contributed by atoms with Crippen molar-refractivity contribution in [1.29, 1.82) is 0 Å². The molecular weight excluding hydrogens is 693 g/mol. The number of anilines is 1. The lowest BCUT2D eigenvalue weighted by atomic mass is 9.64. The first-order valence-electron chi connectivity index (χ1n) is 18.7. The van der Waals surface area contributed by atoms with E-state index in [1.54, 1.807) is 31.2 Å². The van der Waals surface area contributed by atoms with Crippen LogP contribution in [0.25, 0.3) is 0 Å². The lowest BCUT2D eigenvalue weighted by Gasteiger charge is -2.48. The number of morpholine rings is 1. The summed E-state index contributed by atoms with van der Waals surface area (Å²) in [6.07, 6.45) is 7.34. The Labute approximate surface area is 305 Å². The average molecular weight is 742 g/mol. The van der Waals surface area contributed by atoms with Gasteiger partial charge < -0.3 is 19.1 Å². The van der Waals surface area contributed by atoms with Crippen molar-refractivity contribution in [1.82, 2.24) is 9.62 Å². The van der Waals surface area contributed by atoms with Gasteiger partial charge in [0.05, 0.1) is 48.5 Å². The predicted octanol–water partition coefficient (Wildman–Crippen LogP) is 5.74. The molecule has 0 radical (unpaired) electrons. The maximum Gasteiger partial charge on any atom is 0.264 e. The molecule has 0 unspecified atom stereocenters. The monoisotopic (exact) mass is 741 g/mol. The van der Waals surface area contributed by atoms with Crippen molar-refractivity contribution in [3.8, 4) is 5.75 Å². The minimum atomic E-state index is -3.96. The highest BCUT2D eigenvalue weighted by Gasteiger charge is 2.47. The van der Waals surface area contributed by atoms with Gasteiger partial charge in [0.2, 0.25) is 10.0 Å². The third-order valence-electron chi connectivity index (χ3n) is 12.9. The number of halogens is 2. The summed E-state index contributed by atoms with van der Waals surface area (Å²) >= 11 is 6.27. The van der Waals surface area contributed by atoms with Crippen molar-refractivity contribution in [2.75, 3.05) is 64.1 Å². The maximum absolute atomic E-state index is 15.5. The number of fused-ring (bicyclic) bond motifs is 6. The maximum atomic E-state index is 15.5. The second kappa shape index (κ2) is 13.9. The van der Waals surface area contributed by atoms with Crippen molar-refractivity contribution >= 4 is 33.2 Å². The zero-order valence-electron chi connectivity index (χ0n) is 29.5. The number of sulfonamides is 1. The second-order valence-corrected chi connectivity index (χ2v) is 18.2. The highest BCUT2D eigenvalue weighted by molar-refractivity contribution is 7.90. The Morgan fingerprint density at radius 2 is 1.94 bits per heavy atom. The fraction of sp³-hybridized carbons (Fsp3) is 0.615. The number of amides is 1. The van der Waals surface area contributed by atoms with E-state index in [1.165, 1.54) is 5.57 Å². The van der Waals surface area contributed by atoms with Crippen LogP contribution in [-0.2, 0) is 31.3 Å². The van der Waals surface area contributed by atoms with E-state index in [9.17, 15) is 13.2 Å². The standard InChI is InChI=1S/C39H49ClFN3O6S/c1-24-25(2)51(46,47)42-38(45)26-6-10-35-34(20-26)44(22-39(23-50-35)11-3-4-31-32(39)8-9-33(40)36(31)41)21-27-5-7-30(27)37(29-18-28(24)19-29)49-17-14-43-12-15-48-16-13-43/h6,8-10,18,20,24-25,27-28,30,37H,3-5,7,11-17,19,21-23H2,1-2H3,(H,42,45)/t24-,25-,27+,28+,30-,37+,39+/m1/s1. The first-order chi connectivity index (χ1) is 24.5. The quantitative estimate of drug-likeness (QED) is 0.397. The van der Waals surface area contributed by atoms with Crippen molar-refractivity contribution < 1.29 is 31.8 Å². The predicted molar refractivity (Wildman–Crippen MR) is 195 cm³/mol. The normalized spacial score (nSPS) is 33.4. The molecule has 276 valence electrons. The lowest BCUT2D eigenvalue weighted by Crippen LogP contribution is -2.51. The molecule has 7 aliphatic rings. The third-order valence-corrected chi connectivity index (χ3v) is 15.1. The highest BCUT2D eigenvalue weighted by Crippen LogP contribution is 2.50. The van der Waals surface area contributed by atoms with Crippen LogP contribution < -0.4 is 14.4 Å². The number of rotatable bonds is 4. The number of carbonyl (C=O) groups excluding carboxylic acids is 1. The van der Waals surface area contributed by atoms with E-state index in [1.807, 2.05) is 13.0 Å². The van der Waals surface area contributed by atoms with Crippen LogP contribution in [0.15, 0.2) is 42.0 Å². The summed E-state index contributed by atoms with van der Waals surface area (Å²) in [7, 11) is -3.96. The summed E-state index contributed by atoms with van der Waals surface area (Å²) in [5.41, 5.74) is 3.38. The Morgan fingerprint density at radius 1 is 1.14 bits per heavy atom. The molecule has 9 rings (SSSR count). The smallest absolute Gasteiger partial charge is 0.264 e. The Bertz CT molecular complexity index is 1820. The highest BCUT2D eigenvalue weighted by atomic mass is 35.5. The van der Waals surface area contributed by atoms with Gasteiger partial charge in [-0.2, -0.15) is 0 Å². The van der Waals surface area contributed by atoms with Crippen molar-refractivity contribution in [2.24, 2.45) is 23.7 Å². The molecule has 9 nitrogen and oxygen atoms in total. The van der Waals surface area contributed by atoms with Gasteiger partial charge in [-0.25, -0.2) is 17.5 Å². The number of nitrogens with one attached hydrogen (secondary N) is 1. The first kappa shape index (κ1) is 35.3. The fourth-order valence-corrected chi connectivity index (χ4v) is 10.9. The van der Waals surface area contributed by atoms with Crippen molar-refractivity contribution in [2.45, 2.75) is 69.1 Å². The molecule has 4 heterocycles. The summed E-state index contributed by atoms with van der Waals surface area (Å²) in [5.74, 6) is 0.174. The molecule has 1 spiro atoms. The number of benzene rings is 2. The number of allylic oxidation sites excluding steroid dienone is 1. The van der Waals surface area contributed by atoms with E-state index in [-0.39, 0.29) is 34.3 Å². The number of hydrogen-bond acceptors (Lipinski definition) is 8. The van der Waals surface area contributed by atoms with Crippen LogP contribution in [0.5, 0.6) is 5.75 Å². The van der Waals surface area contributed by atoms with E-state index in [2.05, 4.69) is 20.6 Å². The van der Waals surface area contributed by atoms with E-state index < -0.39 is 26.6 Å². The average Bonchev–Trinajstić information content (AvgIpc) is 3.24. The van der Waals surface area contributed by atoms with Gasteiger partial charge >= 0.3 is 0 Å². The molecule has 2 fully saturated rings. The largest absolute Gasteiger partial charge is 0.490 e. The molecule has 2 aromatic carbocycles. The fourth-order valence-electron chi connectivity index (χ4n) is 9.41. The third kappa shape index (κ3) is 6.60. The summed E-state index contributed by atoms with van der Waals surface area (Å²) in [6.45, 7) is 10.1. The van der Waals surface area contributed by atoms with Crippen molar-refractivity contribution in [3.63, 3.8) is 0 Å². The molecule has 51 heavy (non-hydrogen) atoms. The first-order valence-corrected chi connectivity index (χ1v) is 20.6. The topological polar surface area (TPSA) is 97.4 Å². The second-order valence-electron chi connectivity index (χ2n) is 15.8. The van der Waals surface area contributed by atoms with Gasteiger partial charge in [0.25, 0.3) is 5.91 Å². The zero-order valence-corrected chi connectivity index (χ0v) is 31.1. The molecule has 1 amide bonds. The Kier molecular flexibility index (Phi) is 9.66. The number of carbonyl (C=O) groups is 1. The van der Waals surface area contributed by atoms with Crippen LogP contribution in [0.4, 0.5) is 10.1 Å². The summed E-state index contributed by atoms with van der Waals surface area (Å²) in [6, 6.07) is 8.80. The van der Waals surface area contributed by atoms with Gasteiger partial charge in [-0.1, -0.05) is 30.7 Å². The van der Waals surface area contributed by atoms with E-state index in [0.29, 0.717) is 55.9 Å². The van der Waals surface area contributed by atoms with Crippen LogP contribution >= 0.6 is 11.6 Å². The molecule has 1 N–H and O–H groups in total. The lowest BCUT2D eigenvalue weighted by molar-refractivity contribution is -0.0411. The molecule has 12 heteroatoms. The van der Waals surface area contributed by atoms with Crippen LogP contribution in [-0.4, -0.2) is 89.7 Å².